The number of rotatable bonds is 3. The summed E-state index contributed by atoms with van der Waals surface area (Å²) in [6.07, 6.45) is 6.92. The summed E-state index contributed by atoms with van der Waals surface area (Å²) >= 11 is 0. The molecular weight excluding hydrogens is 200 g/mol. The maximum absolute atomic E-state index is 4.35. The van der Waals surface area contributed by atoms with Gasteiger partial charge in [-0.15, -0.1) is 0 Å². The lowest BCUT2D eigenvalue weighted by atomic mass is 10.2. The monoisotopic (exact) mass is 220 g/mol. The van der Waals surface area contributed by atoms with Crippen LogP contribution in [0, 0.1) is 0 Å². The molecule has 2 saturated heterocycles. The van der Waals surface area contributed by atoms with Crippen molar-refractivity contribution >= 4 is 0 Å². The molecule has 2 fully saturated rings. The van der Waals surface area contributed by atoms with Crippen LogP contribution in [-0.2, 0) is 13.1 Å². The first-order chi connectivity index (χ1) is 7.86. The molecule has 4 nitrogen and oxygen atoms in total. The molecule has 1 aromatic heterocycles. The van der Waals surface area contributed by atoms with Crippen LogP contribution in [0.3, 0.4) is 0 Å². The first-order valence-electron chi connectivity index (χ1n) is 6.34. The number of nitrogens with zero attached hydrogens (tertiary/aromatic N) is 3. The summed E-state index contributed by atoms with van der Waals surface area (Å²) in [6, 6.07) is 1.51. The maximum atomic E-state index is 4.35. The molecule has 16 heavy (non-hydrogen) atoms. The van der Waals surface area contributed by atoms with Gasteiger partial charge in [0.15, 0.2) is 0 Å². The fourth-order valence-electron chi connectivity index (χ4n) is 3.00. The molecule has 0 amide bonds. The molecule has 2 aliphatic rings. The number of nitrogens with one attached hydrogen (secondary N) is 1. The van der Waals surface area contributed by atoms with E-state index in [0.717, 1.165) is 25.2 Å². The van der Waals surface area contributed by atoms with Gasteiger partial charge < -0.3 is 5.32 Å². The van der Waals surface area contributed by atoms with Crippen molar-refractivity contribution in [1.82, 2.24) is 20.0 Å². The standard InChI is InChI=1S/C12H20N4/c1-2-15-8-10(5-14-15)9-16-11-3-4-12(16)7-13-6-11/h5,8,11-13H,2-4,6-7,9H2,1H3. The normalized spacial score (nSPS) is 29.8. The predicted octanol–water partition coefficient (Wildman–Crippen LogP) is 0.839. The third-order valence-electron chi connectivity index (χ3n) is 3.91. The summed E-state index contributed by atoms with van der Waals surface area (Å²) in [5, 5.41) is 7.86. The van der Waals surface area contributed by atoms with Crippen molar-refractivity contribution in [2.75, 3.05) is 13.1 Å². The molecular formula is C12H20N4. The third-order valence-corrected chi connectivity index (χ3v) is 3.91. The average Bonchev–Trinajstić information content (AvgIpc) is 2.82. The van der Waals surface area contributed by atoms with Gasteiger partial charge in [-0.2, -0.15) is 5.10 Å². The third kappa shape index (κ3) is 1.76. The van der Waals surface area contributed by atoms with E-state index in [1.165, 1.54) is 31.5 Å². The largest absolute Gasteiger partial charge is 0.314 e. The van der Waals surface area contributed by atoms with Crippen LogP contribution in [0.25, 0.3) is 0 Å². The Balaban J connectivity index is 1.70. The van der Waals surface area contributed by atoms with E-state index in [-0.39, 0.29) is 0 Å². The quantitative estimate of drug-likeness (QED) is 0.819. The molecule has 88 valence electrons. The van der Waals surface area contributed by atoms with Crippen molar-refractivity contribution in [3.63, 3.8) is 0 Å². The van der Waals surface area contributed by atoms with Gasteiger partial charge in [0.2, 0.25) is 0 Å². The van der Waals surface area contributed by atoms with E-state index in [1.54, 1.807) is 0 Å². The number of hydrogen-bond donors (Lipinski definition) is 1. The van der Waals surface area contributed by atoms with Gasteiger partial charge >= 0.3 is 0 Å². The van der Waals surface area contributed by atoms with E-state index in [4.69, 9.17) is 0 Å². The van der Waals surface area contributed by atoms with Crippen LogP contribution in [0.4, 0.5) is 0 Å². The SMILES string of the molecule is CCn1cc(CN2C3CCC2CNC3)cn1. The average molecular weight is 220 g/mol. The Morgan fingerprint density at radius 1 is 1.38 bits per heavy atom. The van der Waals surface area contributed by atoms with E-state index >= 15 is 0 Å². The highest BCUT2D eigenvalue weighted by Crippen LogP contribution is 2.28. The Hall–Kier alpha value is -0.870. The molecule has 0 spiro atoms. The highest BCUT2D eigenvalue weighted by Gasteiger charge is 2.36. The summed E-state index contributed by atoms with van der Waals surface area (Å²) in [7, 11) is 0. The molecule has 0 aliphatic carbocycles. The van der Waals surface area contributed by atoms with Crippen LogP contribution in [0.15, 0.2) is 12.4 Å². The second-order valence-electron chi connectivity index (χ2n) is 4.92. The molecule has 0 radical (unpaired) electrons. The van der Waals surface area contributed by atoms with Crippen LogP contribution in [-0.4, -0.2) is 39.9 Å². The zero-order valence-corrected chi connectivity index (χ0v) is 9.89. The molecule has 2 unspecified atom stereocenters. The highest BCUT2D eigenvalue weighted by molar-refractivity contribution is 5.07. The van der Waals surface area contributed by atoms with Crippen molar-refractivity contribution in [1.29, 1.82) is 0 Å². The minimum Gasteiger partial charge on any atom is -0.314 e. The van der Waals surface area contributed by atoms with Crippen molar-refractivity contribution in [3.8, 4) is 0 Å². The highest BCUT2D eigenvalue weighted by atomic mass is 15.3. The lowest BCUT2D eigenvalue weighted by Crippen LogP contribution is -2.51. The van der Waals surface area contributed by atoms with Gasteiger partial charge in [0, 0.05) is 50.0 Å². The van der Waals surface area contributed by atoms with Gasteiger partial charge in [-0.25, -0.2) is 0 Å². The van der Waals surface area contributed by atoms with E-state index in [9.17, 15) is 0 Å². The van der Waals surface area contributed by atoms with Crippen LogP contribution < -0.4 is 5.32 Å². The minimum absolute atomic E-state index is 0.753. The first kappa shape index (κ1) is 10.3. The molecule has 3 rings (SSSR count). The van der Waals surface area contributed by atoms with Gasteiger partial charge in [0.05, 0.1) is 6.20 Å². The molecule has 2 bridgehead atoms. The molecule has 2 atom stereocenters. The predicted molar refractivity (Wildman–Crippen MR) is 63.1 cm³/mol. The Morgan fingerprint density at radius 2 is 2.12 bits per heavy atom. The van der Waals surface area contributed by atoms with Crippen molar-refractivity contribution in [2.45, 2.75) is 44.9 Å². The summed E-state index contributed by atoms with van der Waals surface area (Å²) in [6.45, 7) is 6.51. The smallest absolute Gasteiger partial charge is 0.0534 e. The van der Waals surface area contributed by atoms with Crippen LogP contribution >= 0.6 is 0 Å². The minimum atomic E-state index is 0.753. The van der Waals surface area contributed by atoms with Gasteiger partial charge in [0.25, 0.3) is 0 Å². The van der Waals surface area contributed by atoms with E-state index in [2.05, 4.69) is 28.4 Å². The van der Waals surface area contributed by atoms with E-state index in [1.807, 2.05) is 10.9 Å². The molecule has 4 heteroatoms. The summed E-state index contributed by atoms with van der Waals surface area (Å²) in [5.41, 5.74) is 1.36. The Labute approximate surface area is 96.6 Å². The maximum Gasteiger partial charge on any atom is 0.0534 e. The summed E-state index contributed by atoms with van der Waals surface area (Å²) < 4.78 is 2.01. The first-order valence-corrected chi connectivity index (χ1v) is 6.34. The number of piperazine rings is 1. The Morgan fingerprint density at radius 3 is 2.75 bits per heavy atom. The molecule has 1 aromatic rings. The van der Waals surface area contributed by atoms with Crippen LogP contribution in [0.5, 0.6) is 0 Å². The molecule has 0 aromatic carbocycles. The summed E-state index contributed by atoms with van der Waals surface area (Å²) in [4.78, 5) is 2.66. The van der Waals surface area contributed by atoms with Gasteiger partial charge in [-0.1, -0.05) is 0 Å². The van der Waals surface area contributed by atoms with Gasteiger partial charge in [-0.05, 0) is 19.8 Å². The number of aromatic nitrogens is 2. The number of fused-ring (bicyclic) bond motifs is 2. The van der Waals surface area contributed by atoms with Crippen LogP contribution in [0.1, 0.15) is 25.3 Å². The van der Waals surface area contributed by atoms with E-state index in [0.29, 0.717) is 0 Å². The fraction of sp³-hybridized carbons (Fsp3) is 0.750. The van der Waals surface area contributed by atoms with Crippen LogP contribution in [0.2, 0.25) is 0 Å². The Bertz CT molecular complexity index is 344. The van der Waals surface area contributed by atoms with E-state index < -0.39 is 0 Å². The fourth-order valence-corrected chi connectivity index (χ4v) is 3.00. The van der Waals surface area contributed by atoms with Crippen molar-refractivity contribution < 1.29 is 0 Å². The zero-order chi connectivity index (χ0) is 11.0. The molecule has 2 aliphatic heterocycles. The Kier molecular flexibility index (Phi) is 2.69. The van der Waals surface area contributed by atoms with Crippen molar-refractivity contribution in [3.05, 3.63) is 18.0 Å². The second-order valence-corrected chi connectivity index (χ2v) is 4.92. The van der Waals surface area contributed by atoms with Gasteiger partial charge in [0.1, 0.15) is 0 Å². The summed E-state index contributed by atoms with van der Waals surface area (Å²) in [5.74, 6) is 0. The molecule has 1 N–H and O–H groups in total. The second kappa shape index (κ2) is 4.18. The molecule has 3 heterocycles. The number of hydrogen-bond acceptors (Lipinski definition) is 3. The number of aryl methyl sites for hydroxylation is 1. The lowest BCUT2D eigenvalue weighted by Gasteiger charge is -2.34. The lowest BCUT2D eigenvalue weighted by molar-refractivity contribution is 0.145. The molecule has 0 saturated carbocycles. The zero-order valence-electron chi connectivity index (χ0n) is 9.89. The van der Waals surface area contributed by atoms with Gasteiger partial charge in [-0.3, -0.25) is 9.58 Å². The topological polar surface area (TPSA) is 33.1 Å². The van der Waals surface area contributed by atoms with Crippen molar-refractivity contribution in [2.24, 2.45) is 0 Å².